The van der Waals surface area contributed by atoms with Crippen LogP contribution in [0.5, 0.6) is 0 Å². The summed E-state index contributed by atoms with van der Waals surface area (Å²) >= 11 is 0. The molecule has 4 heteroatoms. The molecule has 1 aromatic rings. The Morgan fingerprint density at radius 1 is 1.42 bits per heavy atom. The summed E-state index contributed by atoms with van der Waals surface area (Å²) in [7, 11) is 0. The number of esters is 1. The van der Waals surface area contributed by atoms with Crippen molar-refractivity contribution in [3.05, 3.63) is 35.4 Å². The molecule has 102 valence electrons. The van der Waals surface area contributed by atoms with E-state index < -0.39 is 6.10 Å². The smallest absolute Gasteiger partial charge is 0.350 e. The Hall–Kier alpha value is -1.84. The molecule has 1 heterocycles. The minimum Gasteiger partial charge on any atom is -0.463 e. The highest BCUT2D eigenvalue weighted by molar-refractivity contribution is 6.03. The average molecular weight is 261 g/mol. The molecular weight excluding hydrogens is 242 g/mol. The highest BCUT2D eigenvalue weighted by Gasteiger charge is 2.29. The monoisotopic (exact) mass is 261 g/mol. The molecule has 0 aliphatic carbocycles. The van der Waals surface area contributed by atoms with Crippen LogP contribution < -0.4 is 0 Å². The van der Waals surface area contributed by atoms with E-state index in [1.165, 1.54) is 5.56 Å². The third kappa shape index (κ3) is 3.13. The lowest BCUT2D eigenvalue weighted by Crippen LogP contribution is -2.23. The second-order valence-electron chi connectivity index (χ2n) is 4.86. The normalized spacial score (nSPS) is 18.1. The van der Waals surface area contributed by atoms with Gasteiger partial charge in [-0.3, -0.25) is 0 Å². The van der Waals surface area contributed by atoms with Crippen molar-refractivity contribution in [2.75, 3.05) is 6.61 Å². The van der Waals surface area contributed by atoms with Gasteiger partial charge in [-0.2, -0.15) is 0 Å². The molecule has 1 aliphatic rings. The Morgan fingerprint density at radius 2 is 2.11 bits per heavy atom. The van der Waals surface area contributed by atoms with Crippen molar-refractivity contribution in [3.63, 3.8) is 0 Å². The summed E-state index contributed by atoms with van der Waals surface area (Å²) in [6.07, 6.45) is -0.125. The van der Waals surface area contributed by atoms with Crippen LogP contribution >= 0.6 is 0 Å². The predicted molar refractivity (Wildman–Crippen MR) is 73.2 cm³/mol. The van der Waals surface area contributed by atoms with E-state index in [9.17, 15) is 4.79 Å². The molecule has 0 N–H and O–H groups in total. The summed E-state index contributed by atoms with van der Waals surface area (Å²) in [6, 6.07) is 8.20. The molecule has 0 spiro atoms. The Morgan fingerprint density at radius 3 is 2.68 bits per heavy atom. The molecule has 1 aliphatic heterocycles. The molecule has 1 aromatic carbocycles. The fraction of sp³-hybridized carbons (Fsp3) is 0.467. The van der Waals surface area contributed by atoms with Crippen LogP contribution in [0.2, 0.25) is 0 Å². The maximum Gasteiger partial charge on any atom is 0.350 e. The molecular formula is C15H19NO3. The molecule has 0 saturated carbocycles. The zero-order chi connectivity index (χ0) is 13.8. The molecule has 0 aromatic heterocycles. The Balaban J connectivity index is 2.02. The summed E-state index contributed by atoms with van der Waals surface area (Å²) in [5.74, 6) is 0.156. The van der Waals surface area contributed by atoms with Gasteiger partial charge >= 0.3 is 5.97 Å². The zero-order valence-corrected chi connectivity index (χ0v) is 11.6. The summed E-state index contributed by atoms with van der Waals surface area (Å²) in [5.41, 5.74) is 3.08. The van der Waals surface area contributed by atoms with E-state index in [2.05, 4.69) is 31.1 Å². The van der Waals surface area contributed by atoms with Gasteiger partial charge in [0.05, 0.1) is 12.3 Å². The second-order valence-corrected chi connectivity index (χ2v) is 4.86. The van der Waals surface area contributed by atoms with E-state index in [4.69, 9.17) is 9.57 Å². The van der Waals surface area contributed by atoms with Crippen LogP contribution in [0, 0.1) is 0 Å². The molecule has 0 amide bonds. The van der Waals surface area contributed by atoms with Gasteiger partial charge in [-0.05, 0) is 24.0 Å². The lowest BCUT2D eigenvalue weighted by molar-refractivity contribution is -0.154. The molecule has 2 rings (SSSR count). The van der Waals surface area contributed by atoms with Gasteiger partial charge in [0, 0.05) is 6.42 Å². The van der Waals surface area contributed by atoms with Crippen molar-refractivity contribution < 1.29 is 14.4 Å². The van der Waals surface area contributed by atoms with Crippen molar-refractivity contribution in [1.29, 1.82) is 0 Å². The molecule has 1 atom stereocenters. The van der Waals surface area contributed by atoms with Gasteiger partial charge in [0.15, 0.2) is 0 Å². The third-order valence-electron chi connectivity index (χ3n) is 3.13. The van der Waals surface area contributed by atoms with Crippen LogP contribution in [0.1, 0.15) is 44.2 Å². The minimum atomic E-state index is -0.597. The summed E-state index contributed by atoms with van der Waals surface area (Å²) in [5, 5.41) is 3.98. The molecule has 4 nitrogen and oxygen atoms in total. The standard InChI is InChI=1S/C15H19NO3/c1-4-18-15(17)14-9-13(16-19-14)12-7-5-11(6-8-12)10(2)3/h5-8,10,14H,4,9H2,1-3H3. The number of carbonyl (C=O) groups is 1. The SMILES string of the molecule is CCOC(=O)C1CC(c2ccc(C(C)C)cc2)=NO1. The maximum atomic E-state index is 11.5. The molecule has 1 unspecified atom stereocenters. The first-order chi connectivity index (χ1) is 9.11. The van der Waals surface area contributed by atoms with E-state index in [1.807, 2.05) is 12.1 Å². The maximum absolute atomic E-state index is 11.5. The topological polar surface area (TPSA) is 47.9 Å². The lowest BCUT2D eigenvalue weighted by atomic mass is 9.99. The van der Waals surface area contributed by atoms with E-state index in [-0.39, 0.29) is 5.97 Å². The summed E-state index contributed by atoms with van der Waals surface area (Å²) in [6.45, 7) is 6.44. The second kappa shape index (κ2) is 5.87. The van der Waals surface area contributed by atoms with Crippen molar-refractivity contribution >= 4 is 11.7 Å². The van der Waals surface area contributed by atoms with Crippen LogP contribution in [0.15, 0.2) is 29.4 Å². The van der Waals surface area contributed by atoms with Gasteiger partial charge in [-0.15, -0.1) is 0 Å². The van der Waals surface area contributed by atoms with Gasteiger partial charge in [0.25, 0.3) is 0 Å². The zero-order valence-electron chi connectivity index (χ0n) is 11.6. The quantitative estimate of drug-likeness (QED) is 0.783. The number of hydrogen-bond donors (Lipinski definition) is 0. The Labute approximate surface area is 113 Å². The number of oxime groups is 1. The number of carbonyl (C=O) groups excluding carboxylic acids is 1. The number of hydrogen-bond acceptors (Lipinski definition) is 4. The van der Waals surface area contributed by atoms with Crippen LogP contribution in [0.25, 0.3) is 0 Å². The van der Waals surface area contributed by atoms with E-state index in [0.717, 1.165) is 11.3 Å². The van der Waals surface area contributed by atoms with Crippen molar-refractivity contribution in [1.82, 2.24) is 0 Å². The lowest BCUT2D eigenvalue weighted by Gasteiger charge is -2.07. The van der Waals surface area contributed by atoms with Crippen molar-refractivity contribution in [2.24, 2.45) is 5.16 Å². The van der Waals surface area contributed by atoms with Crippen LogP contribution in [-0.2, 0) is 14.4 Å². The van der Waals surface area contributed by atoms with Crippen LogP contribution in [0.4, 0.5) is 0 Å². The first kappa shape index (κ1) is 13.6. The highest BCUT2D eigenvalue weighted by Crippen LogP contribution is 2.20. The van der Waals surface area contributed by atoms with E-state index >= 15 is 0 Å². The molecule has 0 radical (unpaired) electrons. The molecule has 0 bridgehead atoms. The molecule has 0 saturated heterocycles. The summed E-state index contributed by atoms with van der Waals surface area (Å²) in [4.78, 5) is 16.7. The average Bonchev–Trinajstić information content (AvgIpc) is 2.89. The number of rotatable bonds is 4. The largest absolute Gasteiger partial charge is 0.463 e. The summed E-state index contributed by atoms with van der Waals surface area (Å²) < 4.78 is 4.92. The Bertz CT molecular complexity index is 477. The molecule has 0 fully saturated rings. The van der Waals surface area contributed by atoms with Crippen molar-refractivity contribution in [2.45, 2.75) is 39.2 Å². The van der Waals surface area contributed by atoms with Gasteiger partial charge in [0.2, 0.25) is 6.10 Å². The minimum absolute atomic E-state index is 0.347. The predicted octanol–water partition coefficient (Wildman–Crippen LogP) is 2.87. The third-order valence-corrected chi connectivity index (χ3v) is 3.13. The van der Waals surface area contributed by atoms with Gasteiger partial charge in [-0.25, -0.2) is 4.79 Å². The number of benzene rings is 1. The van der Waals surface area contributed by atoms with Gasteiger partial charge < -0.3 is 9.57 Å². The van der Waals surface area contributed by atoms with E-state index in [0.29, 0.717) is 18.9 Å². The first-order valence-electron chi connectivity index (χ1n) is 6.61. The number of ether oxygens (including phenoxy) is 1. The van der Waals surface area contributed by atoms with E-state index in [1.54, 1.807) is 6.92 Å². The number of nitrogens with zero attached hydrogens (tertiary/aromatic N) is 1. The first-order valence-corrected chi connectivity index (χ1v) is 6.61. The van der Waals surface area contributed by atoms with Crippen LogP contribution in [-0.4, -0.2) is 24.4 Å². The van der Waals surface area contributed by atoms with Crippen LogP contribution in [0.3, 0.4) is 0 Å². The Kier molecular flexibility index (Phi) is 4.20. The molecule has 19 heavy (non-hydrogen) atoms. The van der Waals surface area contributed by atoms with Gasteiger partial charge in [0.1, 0.15) is 0 Å². The van der Waals surface area contributed by atoms with Crippen molar-refractivity contribution in [3.8, 4) is 0 Å². The fourth-order valence-electron chi connectivity index (χ4n) is 1.97. The fourth-order valence-corrected chi connectivity index (χ4v) is 1.97. The van der Waals surface area contributed by atoms with Gasteiger partial charge in [-0.1, -0.05) is 43.3 Å². The highest BCUT2D eigenvalue weighted by atomic mass is 16.7.